The summed E-state index contributed by atoms with van der Waals surface area (Å²) in [6.45, 7) is 1.84. The maximum absolute atomic E-state index is 5.65. The molecule has 3 rings (SSSR count). The average Bonchev–Trinajstić information content (AvgIpc) is 2.73. The molecule has 28 heavy (non-hydrogen) atoms. The van der Waals surface area contributed by atoms with Crippen LogP contribution >= 0.6 is 0 Å². The quantitative estimate of drug-likeness (QED) is 0.700. The van der Waals surface area contributed by atoms with Gasteiger partial charge in [-0.1, -0.05) is 30.3 Å². The molecule has 0 radical (unpaired) electrons. The first-order chi connectivity index (χ1) is 13.6. The van der Waals surface area contributed by atoms with Crippen LogP contribution < -0.4 is 19.9 Å². The zero-order valence-electron chi connectivity index (χ0n) is 16.3. The lowest BCUT2D eigenvalue weighted by Gasteiger charge is -2.15. The second-order valence-electron chi connectivity index (χ2n) is 5.98. The first-order valence-electron chi connectivity index (χ1n) is 8.61. The Morgan fingerprint density at radius 2 is 1.57 bits per heavy atom. The Bertz CT molecular complexity index is 993. The Morgan fingerprint density at radius 3 is 2.21 bits per heavy atom. The smallest absolute Gasteiger partial charge is 0.240 e. The fraction of sp³-hybridized carbons (Fsp3) is 0.190. The first kappa shape index (κ1) is 19.2. The number of benzene rings is 2. The summed E-state index contributed by atoms with van der Waals surface area (Å²) in [7, 11) is 4.78. The molecule has 0 aliphatic heterocycles. The fourth-order valence-corrected chi connectivity index (χ4v) is 2.87. The Balaban J connectivity index is 2.08. The topological polar surface area (TPSA) is 92.4 Å². The molecule has 0 amide bonds. The Hall–Kier alpha value is -3.61. The molecule has 0 atom stereocenters. The van der Waals surface area contributed by atoms with Gasteiger partial charge in [0.1, 0.15) is 0 Å². The van der Waals surface area contributed by atoms with Gasteiger partial charge in [0.15, 0.2) is 11.5 Å². The monoisotopic (exact) mass is 378 g/mol. The van der Waals surface area contributed by atoms with Gasteiger partial charge in [-0.2, -0.15) is 0 Å². The summed E-state index contributed by atoms with van der Waals surface area (Å²) in [5, 5.41) is 7.76. The van der Waals surface area contributed by atoms with E-state index in [2.05, 4.69) is 15.2 Å². The van der Waals surface area contributed by atoms with Gasteiger partial charge in [-0.25, -0.2) is 4.98 Å². The molecule has 144 valence electrons. The number of nitrogen functional groups attached to an aromatic ring is 1. The van der Waals surface area contributed by atoms with Gasteiger partial charge in [-0.15, -0.1) is 10.2 Å². The standard InChI is InChI=1S/C21H22N4O3/c1-13-17(23-21(22)25-24-13)10-9-14-7-5-6-8-16(14)15-11-18(26-2)20(28-4)19(12-15)27-3/h5-12H,1-4H3,(H2,22,23,25)/b10-9-. The first-order valence-corrected chi connectivity index (χ1v) is 8.61. The number of hydrogen-bond acceptors (Lipinski definition) is 7. The molecule has 0 aliphatic carbocycles. The summed E-state index contributed by atoms with van der Waals surface area (Å²) in [4.78, 5) is 4.23. The third-order valence-electron chi connectivity index (χ3n) is 4.27. The number of aryl methyl sites for hydroxylation is 1. The molecule has 3 aromatic rings. The van der Waals surface area contributed by atoms with Crippen LogP contribution in [-0.2, 0) is 0 Å². The molecule has 0 aliphatic rings. The van der Waals surface area contributed by atoms with Gasteiger partial charge in [0, 0.05) is 0 Å². The second-order valence-corrected chi connectivity index (χ2v) is 5.98. The van der Waals surface area contributed by atoms with Crippen molar-refractivity contribution in [3.05, 3.63) is 53.3 Å². The fourth-order valence-electron chi connectivity index (χ4n) is 2.87. The lowest BCUT2D eigenvalue weighted by atomic mass is 9.98. The summed E-state index contributed by atoms with van der Waals surface area (Å²) in [5.41, 5.74) is 9.96. The zero-order valence-corrected chi connectivity index (χ0v) is 16.3. The molecule has 0 fully saturated rings. The van der Waals surface area contributed by atoms with Crippen LogP contribution in [0.5, 0.6) is 17.2 Å². The maximum atomic E-state index is 5.65. The highest BCUT2D eigenvalue weighted by atomic mass is 16.5. The van der Waals surface area contributed by atoms with E-state index in [9.17, 15) is 0 Å². The van der Waals surface area contributed by atoms with Crippen LogP contribution in [0.15, 0.2) is 36.4 Å². The normalized spacial score (nSPS) is 10.9. The average molecular weight is 378 g/mol. The molecule has 1 aromatic heterocycles. The highest BCUT2D eigenvalue weighted by Gasteiger charge is 2.15. The Kier molecular flexibility index (Phi) is 5.74. The van der Waals surface area contributed by atoms with Crippen LogP contribution in [0.2, 0.25) is 0 Å². The maximum Gasteiger partial charge on any atom is 0.240 e. The summed E-state index contributed by atoms with van der Waals surface area (Å²) < 4.78 is 16.4. The second kappa shape index (κ2) is 8.39. The van der Waals surface area contributed by atoms with Crippen molar-refractivity contribution in [2.75, 3.05) is 27.1 Å². The predicted molar refractivity (Wildman–Crippen MR) is 109 cm³/mol. The lowest BCUT2D eigenvalue weighted by molar-refractivity contribution is 0.324. The predicted octanol–water partition coefficient (Wildman–Crippen LogP) is 3.63. The van der Waals surface area contributed by atoms with E-state index < -0.39 is 0 Å². The largest absolute Gasteiger partial charge is 0.493 e. The van der Waals surface area contributed by atoms with Crippen LogP contribution in [0, 0.1) is 6.92 Å². The van der Waals surface area contributed by atoms with E-state index >= 15 is 0 Å². The van der Waals surface area contributed by atoms with Gasteiger partial charge in [-0.3, -0.25) is 0 Å². The molecule has 2 N–H and O–H groups in total. The van der Waals surface area contributed by atoms with E-state index in [1.165, 1.54) is 0 Å². The van der Waals surface area contributed by atoms with Crippen LogP contribution in [-0.4, -0.2) is 36.5 Å². The van der Waals surface area contributed by atoms with Gasteiger partial charge >= 0.3 is 0 Å². The molecule has 0 unspecified atom stereocenters. The minimum absolute atomic E-state index is 0.142. The minimum atomic E-state index is 0.142. The highest BCUT2D eigenvalue weighted by Crippen LogP contribution is 2.42. The number of nitrogens with zero attached hydrogens (tertiary/aromatic N) is 3. The number of nitrogens with two attached hydrogens (primary N) is 1. The van der Waals surface area contributed by atoms with E-state index in [1.807, 2.05) is 55.5 Å². The number of hydrogen-bond donors (Lipinski definition) is 1. The lowest BCUT2D eigenvalue weighted by Crippen LogP contribution is -2.01. The number of aromatic nitrogens is 3. The van der Waals surface area contributed by atoms with Crippen LogP contribution in [0.25, 0.3) is 23.3 Å². The highest BCUT2D eigenvalue weighted by molar-refractivity contribution is 5.82. The van der Waals surface area contributed by atoms with Crippen molar-refractivity contribution in [3.8, 4) is 28.4 Å². The molecular weight excluding hydrogens is 356 g/mol. The molecule has 0 bridgehead atoms. The summed E-state index contributed by atoms with van der Waals surface area (Å²) in [5.74, 6) is 1.89. The van der Waals surface area contributed by atoms with E-state index in [1.54, 1.807) is 21.3 Å². The molecule has 2 aromatic carbocycles. The van der Waals surface area contributed by atoms with E-state index in [0.717, 1.165) is 16.7 Å². The van der Waals surface area contributed by atoms with Crippen molar-refractivity contribution in [2.24, 2.45) is 0 Å². The van der Waals surface area contributed by atoms with Crippen molar-refractivity contribution in [1.82, 2.24) is 15.2 Å². The molecule has 0 spiro atoms. The van der Waals surface area contributed by atoms with Crippen molar-refractivity contribution < 1.29 is 14.2 Å². The van der Waals surface area contributed by atoms with Crippen LogP contribution in [0.4, 0.5) is 5.95 Å². The zero-order chi connectivity index (χ0) is 20.1. The van der Waals surface area contributed by atoms with Crippen LogP contribution in [0.3, 0.4) is 0 Å². The SMILES string of the molecule is COc1cc(-c2ccccc2/C=C\c2nc(N)nnc2C)cc(OC)c1OC. The number of rotatable bonds is 6. The molecular formula is C21H22N4O3. The van der Waals surface area contributed by atoms with Gasteiger partial charge in [0.05, 0.1) is 32.7 Å². The number of methoxy groups -OCH3 is 3. The number of anilines is 1. The van der Waals surface area contributed by atoms with Crippen molar-refractivity contribution in [1.29, 1.82) is 0 Å². The Morgan fingerprint density at radius 1 is 0.893 bits per heavy atom. The molecule has 7 heteroatoms. The third kappa shape index (κ3) is 3.88. The van der Waals surface area contributed by atoms with Gasteiger partial charge in [-0.05, 0) is 41.8 Å². The van der Waals surface area contributed by atoms with E-state index in [4.69, 9.17) is 19.9 Å². The molecule has 0 saturated heterocycles. The Labute approximate surface area is 163 Å². The third-order valence-corrected chi connectivity index (χ3v) is 4.27. The van der Waals surface area contributed by atoms with Crippen molar-refractivity contribution >= 4 is 18.1 Å². The van der Waals surface area contributed by atoms with Crippen molar-refractivity contribution in [2.45, 2.75) is 6.92 Å². The number of ether oxygens (including phenoxy) is 3. The van der Waals surface area contributed by atoms with Crippen molar-refractivity contribution in [3.63, 3.8) is 0 Å². The summed E-state index contributed by atoms with van der Waals surface area (Å²) >= 11 is 0. The van der Waals surface area contributed by atoms with Gasteiger partial charge < -0.3 is 19.9 Å². The van der Waals surface area contributed by atoms with Crippen LogP contribution in [0.1, 0.15) is 17.0 Å². The van der Waals surface area contributed by atoms with Gasteiger partial charge in [0.25, 0.3) is 0 Å². The summed E-state index contributed by atoms with van der Waals surface area (Å²) in [6.07, 6.45) is 3.84. The van der Waals surface area contributed by atoms with E-state index in [-0.39, 0.29) is 5.95 Å². The molecule has 0 saturated carbocycles. The van der Waals surface area contributed by atoms with E-state index in [0.29, 0.717) is 28.6 Å². The minimum Gasteiger partial charge on any atom is -0.493 e. The van der Waals surface area contributed by atoms with Gasteiger partial charge in [0.2, 0.25) is 11.7 Å². The summed E-state index contributed by atoms with van der Waals surface area (Å²) in [6, 6.07) is 11.8. The molecule has 1 heterocycles. The molecule has 7 nitrogen and oxygen atoms in total.